The molecule has 0 bridgehead atoms. The molecule has 0 saturated heterocycles. The van der Waals surface area contributed by atoms with Crippen molar-refractivity contribution in [2.75, 3.05) is 19.0 Å². The lowest BCUT2D eigenvalue weighted by atomic mass is 10.1. The largest absolute Gasteiger partial charge is 0.494 e. The van der Waals surface area contributed by atoms with Crippen LogP contribution in [0.5, 0.6) is 5.75 Å². The van der Waals surface area contributed by atoms with E-state index in [0.717, 1.165) is 23.5 Å². The van der Waals surface area contributed by atoms with Crippen molar-refractivity contribution in [3.8, 4) is 5.75 Å². The third-order valence-corrected chi connectivity index (χ3v) is 4.23. The highest BCUT2D eigenvalue weighted by Crippen LogP contribution is 2.25. The predicted molar refractivity (Wildman–Crippen MR) is 97.7 cm³/mol. The average Bonchev–Trinajstić information content (AvgIpc) is 2.86. The second-order valence-electron chi connectivity index (χ2n) is 6.11. The molecule has 2 aromatic rings. The number of nitrogens with zero attached hydrogens (tertiary/aromatic N) is 1. The Balaban J connectivity index is 1.69. The Morgan fingerprint density at radius 1 is 1.04 bits per heavy atom. The number of carbonyl (C=O) groups is 3. The summed E-state index contributed by atoms with van der Waals surface area (Å²) in [6.45, 7) is 2.75. The zero-order valence-corrected chi connectivity index (χ0v) is 14.7. The van der Waals surface area contributed by atoms with Crippen molar-refractivity contribution in [3.63, 3.8) is 0 Å². The lowest BCUT2D eigenvalue weighted by molar-refractivity contribution is 0.0692. The van der Waals surface area contributed by atoms with Crippen LogP contribution in [-0.4, -0.2) is 36.3 Å². The van der Waals surface area contributed by atoms with Gasteiger partial charge in [0, 0.05) is 18.3 Å². The highest BCUT2D eigenvalue weighted by atomic mass is 16.5. The molecular formula is C20H20N2O4. The minimum Gasteiger partial charge on any atom is -0.494 e. The molecule has 0 aromatic heterocycles. The molecule has 2 aromatic carbocycles. The van der Waals surface area contributed by atoms with Crippen molar-refractivity contribution in [1.29, 1.82) is 0 Å². The minimum absolute atomic E-state index is 0.296. The molecule has 0 unspecified atom stereocenters. The molecule has 6 heteroatoms. The zero-order valence-electron chi connectivity index (χ0n) is 14.7. The number of fused-ring (bicyclic) bond motifs is 1. The van der Waals surface area contributed by atoms with Gasteiger partial charge < -0.3 is 10.1 Å². The fourth-order valence-electron chi connectivity index (χ4n) is 2.68. The smallest absolute Gasteiger partial charge is 0.261 e. The van der Waals surface area contributed by atoms with Crippen molar-refractivity contribution >= 4 is 23.4 Å². The van der Waals surface area contributed by atoms with Crippen LogP contribution < -0.4 is 10.1 Å². The Bertz CT molecular complexity index is 859. The van der Waals surface area contributed by atoms with Crippen LogP contribution in [0.25, 0.3) is 0 Å². The number of nitrogens with one attached hydrogen (secondary N) is 1. The monoisotopic (exact) mass is 352 g/mol. The Morgan fingerprint density at radius 3 is 2.42 bits per heavy atom. The number of hydrogen-bond donors (Lipinski definition) is 1. The lowest BCUT2D eigenvalue weighted by Gasteiger charge is -2.08. The third kappa shape index (κ3) is 3.44. The molecule has 134 valence electrons. The topological polar surface area (TPSA) is 75.7 Å². The Kier molecular flexibility index (Phi) is 5.02. The number of unbranched alkanes of at least 4 members (excludes halogenated alkanes) is 1. The van der Waals surface area contributed by atoms with Crippen LogP contribution in [0.15, 0.2) is 42.5 Å². The molecule has 0 radical (unpaired) electrons. The van der Waals surface area contributed by atoms with E-state index in [4.69, 9.17) is 4.74 Å². The van der Waals surface area contributed by atoms with Gasteiger partial charge in [0.1, 0.15) is 5.75 Å². The average molecular weight is 352 g/mol. The summed E-state index contributed by atoms with van der Waals surface area (Å²) in [5, 5.41) is 2.75. The van der Waals surface area contributed by atoms with Gasteiger partial charge >= 0.3 is 0 Å². The van der Waals surface area contributed by atoms with Gasteiger partial charge in [-0.25, -0.2) is 0 Å². The summed E-state index contributed by atoms with van der Waals surface area (Å²) in [5.74, 6) is -0.272. The maximum Gasteiger partial charge on any atom is 0.261 e. The maximum atomic E-state index is 12.4. The molecule has 1 aliphatic rings. The third-order valence-electron chi connectivity index (χ3n) is 4.23. The van der Waals surface area contributed by atoms with E-state index in [-0.39, 0.29) is 17.7 Å². The Labute approximate surface area is 151 Å². The molecule has 3 rings (SSSR count). The van der Waals surface area contributed by atoms with E-state index in [2.05, 4.69) is 12.2 Å². The summed E-state index contributed by atoms with van der Waals surface area (Å²) in [6, 6.07) is 11.6. The number of carbonyl (C=O) groups excluding carboxylic acids is 3. The van der Waals surface area contributed by atoms with Crippen LogP contribution in [0.4, 0.5) is 5.69 Å². The molecule has 6 nitrogen and oxygen atoms in total. The molecule has 0 atom stereocenters. The second-order valence-corrected chi connectivity index (χ2v) is 6.11. The van der Waals surface area contributed by atoms with Crippen LogP contribution >= 0.6 is 0 Å². The summed E-state index contributed by atoms with van der Waals surface area (Å²) >= 11 is 0. The first-order chi connectivity index (χ1) is 12.5. The van der Waals surface area contributed by atoms with Crippen molar-refractivity contribution < 1.29 is 19.1 Å². The van der Waals surface area contributed by atoms with Gasteiger partial charge in [-0.15, -0.1) is 0 Å². The number of imide groups is 1. The summed E-state index contributed by atoms with van der Waals surface area (Å²) < 4.78 is 5.58. The summed E-state index contributed by atoms with van der Waals surface area (Å²) in [4.78, 5) is 37.4. The minimum atomic E-state index is -0.366. The zero-order chi connectivity index (χ0) is 18.7. The standard InChI is InChI=1S/C20H20N2O4/c1-3-4-11-26-15-8-5-13(6-9-15)18(23)21-14-7-10-16-17(12-14)20(25)22(2)19(16)24/h5-10,12H,3-4,11H2,1-2H3,(H,21,23). The highest BCUT2D eigenvalue weighted by Gasteiger charge is 2.32. The predicted octanol–water partition coefficient (Wildman–Crippen LogP) is 3.34. The molecule has 0 fully saturated rings. The normalized spacial score (nSPS) is 12.9. The van der Waals surface area contributed by atoms with Crippen LogP contribution in [0.3, 0.4) is 0 Å². The van der Waals surface area contributed by atoms with Gasteiger partial charge in [-0.3, -0.25) is 19.3 Å². The number of anilines is 1. The SMILES string of the molecule is CCCCOc1ccc(C(=O)Nc2ccc3c(c2)C(=O)N(C)C3=O)cc1. The van der Waals surface area contributed by atoms with E-state index in [1.807, 2.05) is 0 Å². The summed E-state index contributed by atoms with van der Waals surface area (Å²) in [5.41, 5.74) is 1.60. The maximum absolute atomic E-state index is 12.4. The van der Waals surface area contributed by atoms with Gasteiger partial charge in [0.25, 0.3) is 17.7 Å². The van der Waals surface area contributed by atoms with Crippen molar-refractivity contribution in [2.24, 2.45) is 0 Å². The van der Waals surface area contributed by atoms with Gasteiger partial charge in [0.2, 0.25) is 0 Å². The fraction of sp³-hybridized carbons (Fsp3) is 0.250. The van der Waals surface area contributed by atoms with Crippen molar-refractivity contribution in [3.05, 3.63) is 59.2 Å². The molecular weight excluding hydrogens is 332 g/mol. The summed E-state index contributed by atoms with van der Waals surface area (Å²) in [7, 11) is 1.44. The summed E-state index contributed by atoms with van der Waals surface area (Å²) in [6.07, 6.45) is 2.04. The van der Waals surface area contributed by atoms with E-state index >= 15 is 0 Å². The van der Waals surface area contributed by atoms with E-state index in [1.54, 1.807) is 36.4 Å². The quantitative estimate of drug-likeness (QED) is 0.639. The van der Waals surface area contributed by atoms with Gasteiger partial charge in [0.05, 0.1) is 17.7 Å². The number of hydrogen-bond acceptors (Lipinski definition) is 4. The Morgan fingerprint density at radius 2 is 1.73 bits per heavy atom. The molecule has 0 saturated carbocycles. The first kappa shape index (κ1) is 17.7. The Hall–Kier alpha value is -3.15. The second kappa shape index (κ2) is 7.39. The van der Waals surface area contributed by atoms with Gasteiger partial charge in [0.15, 0.2) is 0 Å². The number of rotatable bonds is 6. The number of amides is 3. The number of ether oxygens (including phenoxy) is 1. The van der Waals surface area contributed by atoms with E-state index in [0.29, 0.717) is 29.0 Å². The molecule has 1 N–H and O–H groups in total. The highest BCUT2D eigenvalue weighted by molar-refractivity contribution is 6.21. The van der Waals surface area contributed by atoms with Crippen LogP contribution in [-0.2, 0) is 0 Å². The molecule has 26 heavy (non-hydrogen) atoms. The molecule has 0 spiro atoms. The van der Waals surface area contributed by atoms with Crippen molar-refractivity contribution in [2.45, 2.75) is 19.8 Å². The lowest BCUT2D eigenvalue weighted by Crippen LogP contribution is -2.24. The van der Waals surface area contributed by atoms with E-state index < -0.39 is 0 Å². The van der Waals surface area contributed by atoms with Crippen LogP contribution in [0.2, 0.25) is 0 Å². The first-order valence-corrected chi connectivity index (χ1v) is 8.52. The molecule has 3 amide bonds. The van der Waals surface area contributed by atoms with Crippen LogP contribution in [0, 0.1) is 0 Å². The first-order valence-electron chi connectivity index (χ1n) is 8.52. The van der Waals surface area contributed by atoms with Crippen LogP contribution in [0.1, 0.15) is 50.8 Å². The van der Waals surface area contributed by atoms with Gasteiger partial charge in [-0.2, -0.15) is 0 Å². The fourth-order valence-corrected chi connectivity index (χ4v) is 2.68. The molecule has 1 heterocycles. The van der Waals surface area contributed by atoms with E-state index in [9.17, 15) is 14.4 Å². The molecule has 0 aliphatic carbocycles. The molecule has 1 aliphatic heterocycles. The number of benzene rings is 2. The van der Waals surface area contributed by atoms with Crippen molar-refractivity contribution in [1.82, 2.24) is 4.90 Å². The van der Waals surface area contributed by atoms with Gasteiger partial charge in [-0.1, -0.05) is 13.3 Å². The van der Waals surface area contributed by atoms with E-state index in [1.165, 1.54) is 13.1 Å². The van der Waals surface area contributed by atoms with Gasteiger partial charge in [-0.05, 0) is 48.9 Å².